The van der Waals surface area contributed by atoms with Gasteiger partial charge in [-0.15, -0.1) is 11.8 Å². The van der Waals surface area contributed by atoms with E-state index < -0.39 is 12.6 Å². The molecule has 0 aliphatic carbocycles. The van der Waals surface area contributed by atoms with Crippen molar-refractivity contribution in [2.24, 2.45) is 0 Å². The number of amides is 1. The number of rotatable bonds is 11. The molecule has 3 aromatic rings. The van der Waals surface area contributed by atoms with Crippen molar-refractivity contribution in [3.8, 4) is 17.2 Å². The lowest BCUT2D eigenvalue weighted by Gasteiger charge is -2.11. The van der Waals surface area contributed by atoms with Crippen molar-refractivity contribution in [3.05, 3.63) is 77.9 Å². The van der Waals surface area contributed by atoms with E-state index in [2.05, 4.69) is 5.32 Å². The quantitative estimate of drug-likeness (QED) is 0.236. The maximum absolute atomic E-state index is 12.7. The maximum atomic E-state index is 12.7. The Morgan fingerprint density at radius 3 is 2.34 bits per heavy atom. The lowest BCUT2D eigenvalue weighted by molar-refractivity contribution is -0.113. The lowest BCUT2D eigenvalue weighted by Crippen LogP contribution is -2.16. The number of nitrogens with one attached hydrogen (secondary N) is 1. The second-order valence-electron chi connectivity index (χ2n) is 7.13. The van der Waals surface area contributed by atoms with Gasteiger partial charge in [-0.2, -0.15) is 0 Å². The highest BCUT2D eigenvalue weighted by molar-refractivity contribution is 8.00. The Morgan fingerprint density at radius 1 is 0.829 bits per heavy atom. The van der Waals surface area contributed by atoms with Crippen molar-refractivity contribution in [1.29, 1.82) is 0 Å². The Morgan fingerprint density at radius 2 is 1.60 bits per heavy atom. The summed E-state index contributed by atoms with van der Waals surface area (Å²) in [5.41, 5.74) is 1.20. The molecule has 0 unspecified atom stereocenters. The minimum absolute atomic E-state index is 0.0755. The maximum Gasteiger partial charge on any atom is 0.339 e. The Hall–Kier alpha value is -3.98. The van der Waals surface area contributed by atoms with Gasteiger partial charge >= 0.3 is 5.97 Å². The van der Waals surface area contributed by atoms with Crippen LogP contribution >= 0.6 is 11.8 Å². The molecular formula is C26H25NO7S. The molecule has 9 heteroatoms. The number of hydrogen-bond donors (Lipinski definition) is 1. The number of esters is 1. The first-order valence-electron chi connectivity index (χ1n) is 10.5. The molecule has 3 aromatic carbocycles. The van der Waals surface area contributed by atoms with Gasteiger partial charge in [-0.25, -0.2) is 4.79 Å². The number of ketones is 1. The Balaban J connectivity index is 1.59. The number of ether oxygens (including phenoxy) is 4. The van der Waals surface area contributed by atoms with Gasteiger partial charge in [-0.05, 0) is 42.5 Å². The second kappa shape index (κ2) is 12.5. The summed E-state index contributed by atoms with van der Waals surface area (Å²) in [6, 6.07) is 18.5. The van der Waals surface area contributed by atoms with Gasteiger partial charge in [0.2, 0.25) is 5.91 Å². The summed E-state index contributed by atoms with van der Waals surface area (Å²) in [6.45, 7) is -0.441. The molecule has 0 heterocycles. The van der Waals surface area contributed by atoms with E-state index in [1.807, 2.05) is 0 Å². The van der Waals surface area contributed by atoms with E-state index in [4.69, 9.17) is 18.9 Å². The van der Waals surface area contributed by atoms with Gasteiger partial charge in [-0.1, -0.05) is 18.2 Å². The zero-order valence-electron chi connectivity index (χ0n) is 19.5. The molecule has 0 aliphatic heterocycles. The Kier molecular flexibility index (Phi) is 9.14. The molecule has 35 heavy (non-hydrogen) atoms. The van der Waals surface area contributed by atoms with E-state index in [1.54, 1.807) is 67.8 Å². The van der Waals surface area contributed by atoms with Crippen LogP contribution in [0.3, 0.4) is 0 Å². The Labute approximate surface area is 207 Å². The summed E-state index contributed by atoms with van der Waals surface area (Å²) in [5.74, 6) is 0.311. The van der Waals surface area contributed by atoms with E-state index in [-0.39, 0.29) is 23.0 Å². The molecule has 182 valence electrons. The fourth-order valence-electron chi connectivity index (χ4n) is 3.10. The average molecular weight is 496 g/mol. The Bertz CT molecular complexity index is 1210. The van der Waals surface area contributed by atoms with Crippen LogP contribution in [0.2, 0.25) is 0 Å². The molecular weight excluding hydrogens is 470 g/mol. The minimum atomic E-state index is -0.657. The number of anilines is 1. The molecule has 0 atom stereocenters. The summed E-state index contributed by atoms with van der Waals surface area (Å²) < 4.78 is 20.8. The number of carbonyl (C=O) groups is 3. The number of carbonyl (C=O) groups excluding carboxylic acids is 3. The SMILES string of the molecule is COc1cccc(NC(=O)CSc2ccccc2C(=O)OCC(=O)c2ccc(OC)c(OC)c2)c1. The molecule has 1 amide bonds. The van der Waals surface area contributed by atoms with Crippen LogP contribution in [-0.2, 0) is 9.53 Å². The van der Waals surface area contributed by atoms with Gasteiger partial charge in [0.15, 0.2) is 23.9 Å². The van der Waals surface area contributed by atoms with Crippen LogP contribution in [0, 0.1) is 0 Å². The van der Waals surface area contributed by atoms with Crippen LogP contribution in [0.1, 0.15) is 20.7 Å². The molecule has 0 spiro atoms. The number of benzene rings is 3. The van der Waals surface area contributed by atoms with Crippen LogP contribution in [0.5, 0.6) is 17.2 Å². The van der Waals surface area contributed by atoms with E-state index in [0.717, 1.165) is 0 Å². The van der Waals surface area contributed by atoms with Crippen LogP contribution in [-0.4, -0.2) is 51.3 Å². The normalized spacial score (nSPS) is 10.3. The highest BCUT2D eigenvalue weighted by atomic mass is 32.2. The third kappa shape index (κ3) is 7.00. The lowest BCUT2D eigenvalue weighted by atomic mass is 10.1. The fourth-order valence-corrected chi connectivity index (χ4v) is 3.94. The van der Waals surface area contributed by atoms with Crippen molar-refractivity contribution >= 4 is 35.1 Å². The highest BCUT2D eigenvalue weighted by Crippen LogP contribution is 2.28. The van der Waals surface area contributed by atoms with E-state index in [0.29, 0.717) is 33.4 Å². The smallest absolute Gasteiger partial charge is 0.339 e. The topological polar surface area (TPSA) is 100 Å². The largest absolute Gasteiger partial charge is 0.497 e. The molecule has 0 bridgehead atoms. The van der Waals surface area contributed by atoms with Gasteiger partial charge in [0, 0.05) is 22.2 Å². The first-order chi connectivity index (χ1) is 16.9. The third-order valence-electron chi connectivity index (χ3n) is 4.86. The van der Waals surface area contributed by atoms with Crippen LogP contribution < -0.4 is 19.5 Å². The summed E-state index contributed by atoms with van der Waals surface area (Å²) in [7, 11) is 4.52. The minimum Gasteiger partial charge on any atom is -0.497 e. The van der Waals surface area contributed by atoms with Crippen LogP contribution in [0.25, 0.3) is 0 Å². The number of methoxy groups -OCH3 is 3. The predicted octanol–water partition coefficient (Wildman–Crippen LogP) is 4.48. The molecule has 1 N–H and O–H groups in total. The first-order valence-corrected chi connectivity index (χ1v) is 11.5. The van der Waals surface area contributed by atoms with Crippen molar-refractivity contribution < 1.29 is 33.3 Å². The van der Waals surface area contributed by atoms with Crippen molar-refractivity contribution in [2.45, 2.75) is 4.90 Å². The molecule has 0 aliphatic rings. The molecule has 0 saturated heterocycles. The predicted molar refractivity (Wildman–Crippen MR) is 133 cm³/mol. The second-order valence-corrected chi connectivity index (χ2v) is 8.15. The molecule has 0 saturated carbocycles. The molecule has 0 fully saturated rings. The van der Waals surface area contributed by atoms with Gasteiger partial charge in [0.1, 0.15) is 5.75 Å². The van der Waals surface area contributed by atoms with Crippen molar-refractivity contribution in [1.82, 2.24) is 0 Å². The van der Waals surface area contributed by atoms with Crippen molar-refractivity contribution in [2.75, 3.05) is 39.0 Å². The number of thioether (sulfide) groups is 1. The molecule has 0 radical (unpaired) electrons. The van der Waals surface area contributed by atoms with Crippen molar-refractivity contribution in [3.63, 3.8) is 0 Å². The van der Waals surface area contributed by atoms with Crippen LogP contribution in [0.4, 0.5) is 5.69 Å². The van der Waals surface area contributed by atoms with Crippen LogP contribution in [0.15, 0.2) is 71.6 Å². The zero-order valence-corrected chi connectivity index (χ0v) is 20.3. The van der Waals surface area contributed by atoms with E-state index >= 15 is 0 Å². The highest BCUT2D eigenvalue weighted by Gasteiger charge is 2.17. The van der Waals surface area contributed by atoms with E-state index in [9.17, 15) is 14.4 Å². The van der Waals surface area contributed by atoms with Gasteiger partial charge in [0.05, 0.1) is 32.6 Å². The number of hydrogen-bond acceptors (Lipinski definition) is 8. The number of Topliss-reactive ketones (excluding diaryl/α,β-unsaturated/α-hetero) is 1. The fraction of sp³-hybridized carbons (Fsp3) is 0.192. The average Bonchev–Trinajstić information content (AvgIpc) is 2.90. The first kappa shape index (κ1) is 25.6. The summed E-state index contributed by atoms with van der Waals surface area (Å²) in [6.07, 6.45) is 0. The third-order valence-corrected chi connectivity index (χ3v) is 5.93. The molecule has 8 nitrogen and oxygen atoms in total. The van der Waals surface area contributed by atoms with Gasteiger partial charge < -0.3 is 24.3 Å². The van der Waals surface area contributed by atoms with Gasteiger partial charge in [-0.3, -0.25) is 9.59 Å². The summed E-state index contributed by atoms with van der Waals surface area (Å²) in [4.78, 5) is 38.2. The summed E-state index contributed by atoms with van der Waals surface area (Å²) >= 11 is 1.19. The molecule has 3 rings (SSSR count). The zero-order chi connectivity index (χ0) is 25.2. The summed E-state index contributed by atoms with van der Waals surface area (Å²) in [5, 5.41) is 2.79. The van der Waals surface area contributed by atoms with Gasteiger partial charge in [0.25, 0.3) is 0 Å². The monoisotopic (exact) mass is 495 g/mol. The molecule has 0 aromatic heterocycles. The van der Waals surface area contributed by atoms with E-state index in [1.165, 1.54) is 32.0 Å². The standard InChI is InChI=1S/C26H25NO7S/c1-31-19-8-6-7-18(14-19)27-25(29)16-35-24-10-5-4-9-20(24)26(30)34-15-21(28)17-11-12-22(32-2)23(13-17)33-3/h4-14H,15-16H2,1-3H3,(H,27,29).